The third-order valence-electron chi connectivity index (χ3n) is 7.41. The first kappa shape index (κ1) is 30.0. The van der Waals surface area contributed by atoms with E-state index in [0.717, 1.165) is 28.0 Å². The number of ketones is 1. The lowest BCUT2D eigenvalue weighted by molar-refractivity contribution is -0.138. The summed E-state index contributed by atoms with van der Waals surface area (Å²) >= 11 is 0. The molecule has 1 heterocycles. The number of carbonyl (C=O) groups excluding carboxylic acids is 3. The van der Waals surface area contributed by atoms with Gasteiger partial charge in [0.05, 0.1) is 13.2 Å². The molecule has 0 unspecified atom stereocenters. The lowest BCUT2D eigenvalue weighted by Gasteiger charge is -2.28. The fourth-order valence-electron chi connectivity index (χ4n) is 5.26. The number of carbonyl (C=O) groups is 3. The number of ether oxygens (including phenoxy) is 1. The van der Waals surface area contributed by atoms with Crippen molar-refractivity contribution in [2.24, 2.45) is 5.73 Å². The van der Waals surface area contributed by atoms with Crippen molar-refractivity contribution in [2.45, 2.75) is 51.2 Å². The van der Waals surface area contributed by atoms with Gasteiger partial charge in [0, 0.05) is 44.9 Å². The molecule has 3 aromatic carbocycles. The molecule has 1 saturated heterocycles. The summed E-state index contributed by atoms with van der Waals surface area (Å²) in [7, 11) is 0. The molecule has 0 aliphatic carbocycles. The summed E-state index contributed by atoms with van der Waals surface area (Å²) in [4.78, 5) is 40.9. The van der Waals surface area contributed by atoms with Gasteiger partial charge in [-0.05, 0) is 47.7 Å². The molecule has 2 amide bonds. The third kappa shape index (κ3) is 8.49. The lowest BCUT2D eigenvalue weighted by atomic mass is 9.91. The SMILES string of the molecule is CCOc1ccc(CC(=O)CNCCC(=O)N2CC[C@H](c3ccccc3)[C@H]2C(=O)NCc2ccc(CN)cc2)cc1. The Morgan fingerprint density at radius 3 is 2.29 bits per heavy atom. The largest absolute Gasteiger partial charge is 0.494 e. The third-order valence-corrected chi connectivity index (χ3v) is 7.41. The standard InChI is InChI=1S/C33H40N4O4/c1-2-41-29-14-12-24(13-15-29)20-28(38)23-35-18-16-31(39)37-19-17-30(27-6-4-3-5-7-27)32(37)33(40)36-22-26-10-8-25(21-34)9-11-26/h3-15,30,32,35H,2,16-23,34H2,1H3,(H,36,40)/t30-,32+/m1/s1. The monoisotopic (exact) mass is 556 g/mol. The van der Waals surface area contributed by atoms with Gasteiger partial charge in [0.25, 0.3) is 0 Å². The lowest BCUT2D eigenvalue weighted by Crippen LogP contribution is -2.48. The Morgan fingerprint density at radius 1 is 0.927 bits per heavy atom. The Balaban J connectivity index is 1.30. The summed E-state index contributed by atoms with van der Waals surface area (Å²) in [5.74, 6) is 0.491. The Labute approximate surface area is 242 Å². The summed E-state index contributed by atoms with van der Waals surface area (Å²) in [6.07, 6.45) is 1.24. The first-order chi connectivity index (χ1) is 20.0. The van der Waals surface area contributed by atoms with E-state index in [2.05, 4.69) is 10.6 Å². The van der Waals surface area contributed by atoms with Crippen molar-refractivity contribution in [3.05, 3.63) is 101 Å². The smallest absolute Gasteiger partial charge is 0.243 e. The van der Waals surface area contributed by atoms with Crippen molar-refractivity contribution < 1.29 is 19.1 Å². The van der Waals surface area contributed by atoms with E-state index in [1.165, 1.54) is 0 Å². The van der Waals surface area contributed by atoms with Gasteiger partial charge in [-0.15, -0.1) is 0 Å². The molecule has 8 heteroatoms. The maximum absolute atomic E-state index is 13.5. The van der Waals surface area contributed by atoms with Crippen molar-refractivity contribution in [1.29, 1.82) is 0 Å². The van der Waals surface area contributed by atoms with Crippen LogP contribution in [0.1, 0.15) is 47.9 Å². The highest BCUT2D eigenvalue weighted by atomic mass is 16.5. The zero-order valence-corrected chi connectivity index (χ0v) is 23.7. The second-order valence-corrected chi connectivity index (χ2v) is 10.3. The molecule has 0 aromatic heterocycles. The highest BCUT2D eigenvalue weighted by Crippen LogP contribution is 2.34. The normalized spacial score (nSPS) is 16.4. The fraction of sp³-hybridized carbons (Fsp3) is 0.364. The quantitative estimate of drug-likeness (QED) is 0.263. The van der Waals surface area contributed by atoms with Gasteiger partial charge >= 0.3 is 0 Å². The number of rotatable bonds is 14. The molecule has 1 aliphatic rings. The number of amides is 2. The minimum Gasteiger partial charge on any atom is -0.494 e. The van der Waals surface area contributed by atoms with Crippen molar-refractivity contribution in [1.82, 2.24) is 15.5 Å². The molecule has 0 radical (unpaired) electrons. The van der Waals surface area contributed by atoms with E-state index in [1.807, 2.05) is 85.8 Å². The first-order valence-electron chi connectivity index (χ1n) is 14.3. The molecular weight excluding hydrogens is 516 g/mol. The zero-order valence-electron chi connectivity index (χ0n) is 23.7. The first-order valence-corrected chi connectivity index (χ1v) is 14.3. The van der Waals surface area contributed by atoms with Crippen LogP contribution >= 0.6 is 0 Å². The molecule has 4 rings (SSSR count). The summed E-state index contributed by atoms with van der Waals surface area (Å²) < 4.78 is 5.44. The van der Waals surface area contributed by atoms with Crippen LogP contribution in [-0.4, -0.2) is 54.8 Å². The van der Waals surface area contributed by atoms with Crippen LogP contribution in [0.5, 0.6) is 5.75 Å². The van der Waals surface area contributed by atoms with E-state index in [4.69, 9.17) is 10.5 Å². The summed E-state index contributed by atoms with van der Waals surface area (Å²) in [5, 5.41) is 6.15. The summed E-state index contributed by atoms with van der Waals surface area (Å²) in [6.45, 7) is 4.43. The van der Waals surface area contributed by atoms with Crippen LogP contribution in [0.2, 0.25) is 0 Å². The van der Waals surface area contributed by atoms with E-state index in [0.29, 0.717) is 45.6 Å². The number of likely N-dealkylation sites (tertiary alicyclic amines) is 1. The zero-order chi connectivity index (χ0) is 29.0. The van der Waals surface area contributed by atoms with E-state index < -0.39 is 6.04 Å². The number of hydrogen-bond acceptors (Lipinski definition) is 6. The van der Waals surface area contributed by atoms with E-state index in [-0.39, 0.29) is 36.5 Å². The van der Waals surface area contributed by atoms with Crippen LogP contribution in [0.25, 0.3) is 0 Å². The van der Waals surface area contributed by atoms with Crippen LogP contribution in [0.4, 0.5) is 0 Å². The number of nitrogens with zero attached hydrogens (tertiary/aromatic N) is 1. The van der Waals surface area contributed by atoms with Crippen LogP contribution in [0.3, 0.4) is 0 Å². The van der Waals surface area contributed by atoms with Gasteiger partial charge in [-0.1, -0.05) is 66.7 Å². The molecule has 2 atom stereocenters. The molecule has 0 bridgehead atoms. The van der Waals surface area contributed by atoms with E-state index in [9.17, 15) is 14.4 Å². The molecule has 1 fully saturated rings. The molecule has 216 valence electrons. The maximum atomic E-state index is 13.5. The molecule has 0 saturated carbocycles. The van der Waals surface area contributed by atoms with Gasteiger partial charge < -0.3 is 26.0 Å². The minimum absolute atomic E-state index is 0.0451. The highest BCUT2D eigenvalue weighted by Gasteiger charge is 2.42. The number of benzene rings is 3. The van der Waals surface area contributed by atoms with Crippen LogP contribution in [-0.2, 0) is 33.9 Å². The molecule has 4 N–H and O–H groups in total. The van der Waals surface area contributed by atoms with Gasteiger partial charge in [-0.2, -0.15) is 0 Å². The fourth-order valence-corrected chi connectivity index (χ4v) is 5.26. The van der Waals surface area contributed by atoms with Crippen molar-refractivity contribution in [3.8, 4) is 5.75 Å². The van der Waals surface area contributed by atoms with Crippen LogP contribution < -0.4 is 21.1 Å². The minimum atomic E-state index is -0.588. The Bertz CT molecular complexity index is 1280. The van der Waals surface area contributed by atoms with Gasteiger partial charge in [0.1, 0.15) is 11.8 Å². The average molecular weight is 557 g/mol. The van der Waals surface area contributed by atoms with E-state index >= 15 is 0 Å². The second-order valence-electron chi connectivity index (χ2n) is 10.3. The van der Waals surface area contributed by atoms with Gasteiger partial charge in [-0.3, -0.25) is 14.4 Å². The molecule has 0 spiro atoms. The molecule has 1 aliphatic heterocycles. The topological polar surface area (TPSA) is 114 Å². The average Bonchev–Trinajstić information content (AvgIpc) is 3.45. The van der Waals surface area contributed by atoms with Gasteiger partial charge in [-0.25, -0.2) is 0 Å². The molecular formula is C33H40N4O4. The number of hydrogen-bond donors (Lipinski definition) is 3. The molecule has 41 heavy (non-hydrogen) atoms. The van der Waals surface area contributed by atoms with Crippen molar-refractivity contribution >= 4 is 17.6 Å². The van der Waals surface area contributed by atoms with Crippen molar-refractivity contribution in [3.63, 3.8) is 0 Å². The summed E-state index contributed by atoms with van der Waals surface area (Å²) in [6, 6.07) is 24.6. The maximum Gasteiger partial charge on any atom is 0.243 e. The highest BCUT2D eigenvalue weighted by molar-refractivity contribution is 5.89. The Hall–Kier alpha value is -4.01. The van der Waals surface area contributed by atoms with E-state index in [1.54, 1.807) is 4.90 Å². The summed E-state index contributed by atoms with van der Waals surface area (Å²) in [5.41, 5.74) is 9.66. The molecule has 8 nitrogen and oxygen atoms in total. The predicted molar refractivity (Wildman–Crippen MR) is 159 cm³/mol. The van der Waals surface area contributed by atoms with Crippen LogP contribution in [0, 0.1) is 0 Å². The van der Waals surface area contributed by atoms with Crippen LogP contribution in [0.15, 0.2) is 78.9 Å². The van der Waals surface area contributed by atoms with Crippen molar-refractivity contribution in [2.75, 3.05) is 26.2 Å². The predicted octanol–water partition coefficient (Wildman–Crippen LogP) is 3.34. The molecule has 3 aromatic rings. The second kappa shape index (κ2) is 15.1. The Morgan fingerprint density at radius 2 is 1.61 bits per heavy atom. The Kier molecular flexibility index (Phi) is 11.0. The number of nitrogens with one attached hydrogen (secondary N) is 2. The van der Waals surface area contributed by atoms with Gasteiger partial charge in [0.15, 0.2) is 5.78 Å². The number of nitrogens with two attached hydrogens (primary N) is 1. The van der Waals surface area contributed by atoms with Gasteiger partial charge in [0.2, 0.25) is 11.8 Å². The number of Topliss-reactive ketones (excluding diaryl/α,β-unsaturated/α-hetero) is 1.